The number of benzene rings is 1. The van der Waals surface area contributed by atoms with Crippen molar-refractivity contribution in [3.63, 3.8) is 0 Å². The molecule has 1 N–H and O–H groups in total. The van der Waals surface area contributed by atoms with Gasteiger partial charge in [-0.1, -0.05) is 26.0 Å². The Morgan fingerprint density at radius 1 is 1.26 bits per heavy atom. The summed E-state index contributed by atoms with van der Waals surface area (Å²) in [7, 11) is 0. The number of nitrogens with one attached hydrogen (secondary N) is 1. The molecule has 0 unspecified atom stereocenters. The molecule has 1 fully saturated rings. The highest BCUT2D eigenvalue weighted by molar-refractivity contribution is 5.56. The Morgan fingerprint density at radius 3 is 2.68 bits per heavy atom. The predicted molar refractivity (Wildman–Crippen MR) is 79.1 cm³/mol. The molecule has 19 heavy (non-hydrogen) atoms. The van der Waals surface area contributed by atoms with Gasteiger partial charge in [-0.3, -0.25) is 0 Å². The monoisotopic (exact) mass is 264 g/mol. The Kier molecular flexibility index (Phi) is 5.20. The van der Waals surface area contributed by atoms with E-state index in [0.29, 0.717) is 6.04 Å². The molecule has 106 valence electrons. The van der Waals surface area contributed by atoms with E-state index in [0.717, 1.165) is 43.7 Å². The van der Waals surface area contributed by atoms with Gasteiger partial charge in [0.1, 0.15) is 5.82 Å². The molecule has 1 aliphatic carbocycles. The summed E-state index contributed by atoms with van der Waals surface area (Å²) in [5, 5.41) is 3.38. The topological polar surface area (TPSA) is 15.3 Å². The van der Waals surface area contributed by atoms with Crippen molar-refractivity contribution in [1.29, 1.82) is 0 Å². The molecule has 0 atom stereocenters. The van der Waals surface area contributed by atoms with Gasteiger partial charge < -0.3 is 10.2 Å². The second-order valence-electron chi connectivity index (χ2n) is 5.35. The van der Waals surface area contributed by atoms with Gasteiger partial charge >= 0.3 is 0 Å². The van der Waals surface area contributed by atoms with E-state index >= 15 is 0 Å². The van der Waals surface area contributed by atoms with Gasteiger partial charge in [0.15, 0.2) is 0 Å². The van der Waals surface area contributed by atoms with Crippen LogP contribution >= 0.6 is 0 Å². The summed E-state index contributed by atoms with van der Waals surface area (Å²) in [6.07, 6.45) is 4.57. The first-order valence-electron chi connectivity index (χ1n) is 7.52. The molecule has 0 spiro atoms. The fourth-order valence-electron chi connectivity index (χ4n) is 2.53. The average molecular weight is 264 g/mol. The molecule has 1 aromatic carbocycles. The molecular formula is C16H25FN2. The smallest absolute Gasteiger partial charge is 0.146 e. The molecule has 0 amide bonds. The van der Waals surface area contributed by atoms with Crippen LogP contribution in [0.15, 0.2) is 18.2 Å². The van der Waals surface area contributed by atoms with E-state index in [1.165, 1.54) is 12.8 Å². The Bertz CT molecular complexity index is 402. The summed E-state index contributed by atoms with van der Waals surface area (Å²) in [6.45, 7) is 6.99. The van der Waals surface area contributed by atoms with Crippen molar-refractivity contribution < 1.29 is 4.39 Å². The summed E-state index contributed by atoms with van der Waals surface area (Å²) in [5.74, 6) is -0.0730. The molecule has 3 heteroatoms. The lowest BCUT2D eigenvalue weighted by molar-refractivity contribution is 0.604. The first-order chi connectivity index (χ1) is 9.27. The van der Waals surface area contributed by atoms with Crippen molar-refractivity contribution in [2.24, 2.45) is 0 Å². The molecule has 1 aromatic rings. The summed E-state index contributed by atoms with van der Waals surface area (Å²) in [6, 6.07) is 6.01. The second-order valence-corrected chi connectivity index (χ2v) is 5.35. The number of nitrogens with zero attached hydrogens (tertiary/aromatic N) is 1. The van der Waals surface area contributed by atoms with Crippen LogP contribution in [0.3, 0.4) is 0 Å². The highest BCUT2D eigenvalue weighted by atomic mass is 19.1. The Labute approximate surface area is 116 Å². The van der Waals surface area contributed by atoms with Gasteiger partial charge in [0.2, 0.25) is 0 Å². The maximum absolute atomic E-state index is 14.3. The quantitative estimate of drug-likeness (QED) is 0.720. The van der Waals surface area contributed by atoms with E-state index in [2.05, 4.69) is 24.1 Å². The summed E-state index contributed by atoms with van der Waals surface area (Å²) >= 11 is 0. The molecule has 0 heterocycles. The fraction of sp³-hybridized carbons (Fsp3) is 0.625. The number of halogens is 1. The minimum Gasteiger partial charge on any atom is -0.366 e. The Balaban J connectivity index is 2.19. The van der Waals surface area contributed by atoms with Crippen LogP contribution in [-0.4, -0.2) is 19.1 Å². The van der Waals surface area contributed by atoms with E-state index in [9.17, 15) is 4.39 Å². The van der Waals surface area contributed by atoms with Gasteiger partial charge in [0.05, 0.1) is 5.69 Å². The number of para-hydroxylation sites is 1. The largest absolute Gasteiger partial charge is 0.366 e. The van der Waals surface area contributed by atoms with Crippen molar-refractivity contribution >= 4 is 5.69 Å². The first kappa shape index (κ1) is 14.3. The standard InChI is InChI=1S/C16H25FN2/c1-3-10-18-12-13-6-5-7-15(17)16(13)19(11-4-2)14-8-9-14/h5-7,14,18H,3-4,8-12H2,1-2H3. The van der Waals surface area contributed by atoms with Crippen LogP contribution in [0.25, 0.3) is 0 Å². The van der Waals surface area contributed by atoms with Gasteiger partial charge in [-0.15, -0.1) is 0 Å². The highest BCUT2D eigenvalue weighted by Gasteiger charge is 2.31. The number of rotatable bonds is 8. The molecule has 2 rings (SSSR count). The SMILES string of the molecule is CCCNCc1cccc(F)c1N(CCC)C1CC1. The minimum absolute atomic E-state index is 0.0730. The zero-order chi connectivity index (χ0) is 13.7. The van der Waals surface area contributed by atoms with Gasteiger partial charge in [0.25, 0.3) is 0 Å². The average Bonchev–Trinajstić information content (AvgIpc) is 3.22. The lowest BCUT2D eigenvalue weighted by Crippen LogP contribution is -2.29. The second kappa shape index (κ2) is 6.90. The molecule has 1 saturated carbocycles. The fourth-order valence-corrected chi connectivity index (χ4v) is 2.53. The molecule has 0 aliphatic heterocycles. The first-order valence-corrected chi connectivity index (χ1v) is 7.52. The molecule has 0 aromatic heterocycles. The van der Waals surface area contributed by atoms with E-state index < -0.39 is 0 Å². The van der Waals surface area contributed by atoms with E-state index in [-0.39, 0.29) is 5.82 Å². The minimum atomic E-state index is -0.0730. The van der Waals surface area contributed by atoms with Crippen LogP contribution in [0.2, 0.25) is 0 Å². The number of hydrogen-bond donors (Lipinski definition) is 1. The van der Waals surface area contributed by atoms with Crippen LogP contribution in [-0.2, 0) is 6.54 Å². The van der Waals surface area contributed by atoms with Crippen LogP contribution in [0.4, 0.5) is 10.1 Å². The highest BCUT2D eigenvalue weighted by Crippen LogP contribution is 2.35. The van der Waals surface area contributed by atoms with Gasteiger partial charge in [-0.05, 0) is 43.9 Å². The van der Waals surface area contributed by atoms with E-state index in [1.807, 2.05) is 12.1 Å². The number of hydrogen-bond acceptors (Lipinski definition) is 2. The molecule has 0 radical (unpaired) electrons. The zero-order valence-electron chi connectivity index (χ0n) is 12.1. The van der Waals surface area contributed by atoms with Gasteiger partial charge in [-0.2, -0.15) is 0 Å². The summed E-state index contributed by atoms with van der Waals surface area (Å²) in [5.41, 5.74) is 1.92. The lowest BCUT2D eigenvalue weighted by atomic mass is 10.1. The van der Waals surface area contributed by atoms with Crippen LogP contribution in [0.1, 0.15) is 45.1 Å². The maximum atomic E-state index is 14.3. The van der Waals surface area contributed by atoms with Gasteiger partial charge in [-0.25, -0.2) is 4.39 Å². The maximum Gasteiger partial charge on any atom is 0.146 e. The molecule has 2 nitrogen and oxygen atoms in total. The molecular weight excluding hydrogens is 239 g/mol. The van der Waals surface area contributed by atoms with Crippen molar-refractivity contribution in [2.45, 2.75) is 52.1 Å². The molecule has 0 saturated heterocycles. The normalized spacial score (nSPS) is 14.7. The Morgan fingerprint density at radius 2 is 2.05 bits per heavy atom. The third kappa shape index (κ3) is 3.69. The molecule has 1 aliphatic rings. The zero-order valence-corrected chi connectivity index (χ0v) is 12.1. The molecule has 0 bridgehead atoms. The third-order valence-electron chi connectivity index (χ3n) is 3.55. The van der Waals surface area contributed by atoms with Crippen molar-refractivity contribution in [2.75, 3.05) is 18.0 Å². The summed E-state index contributed by atoms with van der Waals surface area (Å²) < 4.78 is 14.3. The lowest BCUT2D eigenvalue weighted by Gasteiger charge is -2.27. The van der Waals surface area contributed by atoms with Crippen LogP contribution in [0, 0.1) is 5.82 Å². The van der Waals surface area contributed by atoms with Crippen molar-refractivity contribution in [3.8, 4) is 0 Å². The van der Waals surface area contributed by atoms with Gasteiger partial charge in [0, 0.05) is 19.1 Å². The van der Waals surface area contributed by atoms with Crippen molar-refractivity contribution in [3.05, 3.63) is 29.6 Å². The van der Waals surface area contributed by atoms with Crippen LogP contribution in [0.5, 0.6) is 0 Å². The van der Waals surface area contributed by atoms with Crippen molar-refractivity contribution in [1.82, 2.24) is 5.32 Å². The predicted octanol–water partition coefficient (Wildman–Crippen LogP) is 3.70. The van der Waals surface area contributed by atoms with E-state index in [4.69, 9.17) is 0 Å². The third-order valence-corrected chi connectivity index (χ3v) is 3.55. The van der Waals surface area contributed by atoms with Crippen LogP contribution < -0.4 is 10.2 Å². The number of anilines is 1. The van der Waals surface area contributed by atoms with E-state index in [1.54, 1.807) is 6.07 Å². The Hall–Kier alpha value is -1.09. The summed E-state index contributed by atoms with van der Waals surface area (Å²) in [4.78, 5) is 2.28.